The Kier molecular flexibility index (Phi) is 6.33. The van der Waals surface area contributed by atoms with Crippen molar-refractivity contribution in [3.8, 4) is 5.75 Å². The highest BCUT2D eigenvalue weighted by molar-refractivity contribution is 6.32. The first kappa shape index (κ1) is 21.7. The Bertz CT molecular complexity index is 1230. The van der Waals surface area contributed by atoms with Crippen LogP contribution in [0.1, 0.15) is 6.42 Å². The first-order chi connectivity index (χ1) is 15.5. The Hall–Kier alpha value is -3.50. The summed E-state index contributed by atoms with van der Waals surface area (Å²) in [5.41, 5.74) is 1.98. The van der Waals surface area contributed by atoms with Crippen molar-refractivity contribution in [2.45, 2.75) is 6.42 Å². The quantitative estimate of drug-likeness (QED) is 0.378. The van der Waals surface area contributed by atoms with E-state index in [2.05, 4.69) is 20.6 Å². The lowest BCUT2D eigenvalue weighted by molar-refractivity contribution is 0.203. The Labute approximate surface area is 189 Å². The SMILES string of the molecule is COCN(/C=C/O)c1ncc(Cl)c(Nc2ccc3c(c2)c2c(c(=O)n3C)OCCCN2)n1. The molecule has 0 saturated heterocycles. The third-order valence-electron chi connectivity index (χ3n) is 4.99. The van der Waals surface area contributed by atoms with Gasteiger partial charge in [-0.1, -0.05) is 11.6 Å². The molecule has 168 valence electrons. The van der Waals surface area contributed by atoms with Crippen molar-refractivity contribution >= 4 is 45.6 Å². The molecule has 3 N–H and O–H groups in total. The van der Waals surface area contributed by atoms with E-state index in [0.717, 1.165) is 23.6 Å². The number of anilines is 4. The molecule has 2 aromatic heterocycles. The number of fused-ring (bicyclic) bond motifs is 3. The highest BCUT2D eigenvalue weighted by Crippen LogP contribution is 2.34. The van der Waals surface area contributed by atoms with Crippen LogP contribution >= 0.6 is 11.6 Å². The van der Waals surface area contributed by atoms with Crippen molar-refractivity contribution in [1.29, 1.82) is 0 Å². The Morgan fingerprint density at radius 1 is 1.47 bits per heavy atom. The molecule has 3 aromatic rings. The number of benzene rings is 1. The first-order valence-electron chi connectivity index (χ1n) is 9.93. The van der Waals surface area contributed by atoms with Crippen LogP contribution in [0.5, 0.6) is 5.75 Å². The maximum absolute atomic E-state index is 12.7. The minimum absolute atomic E-state index is 0.139. The van der Waals surface area contributed by atoms with Gasteiger partial charge in [-0.05, 0) is 24.6 Å². The van der Waals surface area contributed by atoms with Gasteiger partial charge in [0.2, 0.25) is 11.7 Å². The molecule has 10 nitrogen and oxygen atoms in total. The predicted molar refractivity (Wildman–Crippen MR) is 124 cm³/mol. The van der Waals surface area contributed by atoms with Gasteiger partial charge < -0.3 is 29.8 Å². The van der Waals surface area contributed by atoms with Crippen molar-refractivity contribution in [3.05, 3.63) is 52.2 Å². The van der Waals surface area contributed by atoms with Crippen LogP contribution in [0, 0.1) is 0 Å². The van der Waals surface area contributed by atoms with Gasteiger partial charge in [-0.3, -0.25) is 9.69 Å². The molecule has 1 aromatic carbocycles. The van der Waals surface area contributed by atoms with Crippen LogP contribution in [0.15, 0.2) is 41.7 Å². The summed E-state index contributed by atoms with van der Waals surface area (Å²) >= 11 is 6.32. The molecular formula is C21H23ClN6O4. The minimum Gasteiger partial charge on any atom is -0.514 e. The number of halogens is 1. The van der Waals surface area contributed by atoms with Gasteiger partial charge >= 0.3 is 0 Å². The molecule has 32 heavy (non-hydrogen) atoms. The molecule has 4 rings (SSSR count). The van der Waals surface area contributed by atoms with E-state index < -0.39 is 0 Å². The van der Waals surface area contributed by atoms with E-state index >= 15 is 0 Å². The lowest BCUT2D eigenvalue weighted by Crippen LogP contribution is -2.21. The van der Waals surface area contributed by atoms with Crippen LogP contribution in [0.25, 0.3) is 10.9 Å². The zero-order chi connectivity index (χ0) is 22.7. The summed E-state index contributed by atoms with van der Waals surface area (Å²) in [6, 6.07) is 5.60. The number of methoxy groups -OCH3 is 1. The number of rotatable bonds is 6. The molecule has 0 radical (unpaired) electrons. The fraction of sp³-hybridized carbons (Fsp3) is 0.286. The lowest BCUT2D eigenvalue weighted by Gasteiger charge is -2.18. The molecule has 0 saturated carbocycles. The van der Waals surface area contributed by atoms with Gasteiger partial charge in [-0.25, -0.2) is 4.98 Å². The Morgan fingerprint density at radius 3 is 3.09 bits per heavy atom. The minimum atomic E-state index is -0.179. The summed E-state index contributed by atoms with van der Waals surface area (Å²) in [6.45, 7) is 1.33. The number of aliphatic hydroxyl groups excluding tert-OH is 1. The highest BCUT2D eigenvalue weighted by Gasteiger charge is 2.19. The van der Waals surface area contributed by atoms with E-state index in [1.807, 2.05) is 18.2 Å². The van der Waals surface area contributed by atoms with Crippen LogP contribution in [0.2, 0.25) is 5.02 Å². The molecule has 0 bridgehead atoms. The topological polar surface area (TPSA) is 114 Å². The standard InChI is InChI=1S/C21H23ClN6O4/c1-27-16-5-4-13(10-14(16)17-18(20(27)30)32-9-3-6-23-17)25-19-15(22)11-24-21(26-19)28(7-8-29)12-31-2/h4-5,7-8,10-11,23,29H,3,6,9,12H2,1-2H3,(H,24,25,26)/b8-7+. The van der Waals surface area contributed by atoms with Gasteiger partial charge in [0.05, 0.1) is 30.3 Å². The molecule has 0 amide bonds. The number of nitrogens with zero attached hydrogens (tertiary/aromatic N) is 4. The van der Waals surface area contributed by atoms with Crippen molar-refractivity contribution in [2.24, 2.45) is 7.05 Å². The third-order valence-corrected chi connectivity index (χ3v) is 5.26. The number of aryl methyl sites for hydroxylation is 1. The smallest absolute Gasteiger partial charge is 0.295 e. The first-order valence-corrected chi connectivity index (χ1v) is 10.3. The van der Waals surface area contributed by atoms with Gasteiger partial charge in [0, 0.05) is 38.0 Å². The molecule has 0 aliphatic carbocycles. The van der Waals surface area contributed by atoms with Crippen LogP contribution in [0.4, 0.5) is 23.1 Å². The highest BCUT2D eigenvalue weighted by atomic mass is 35.5. The zero-order valence-corrected chi connectivity index (χ0v) is 18.4. The van der Waals surface area contributed by atoms with E-state index in [1.54, 1.807) is 11.6 Å². The number of aromatic nitrogens is 3. The average molecular weight is 459 g/mol. The third kappa shape index (κ3) is 4.14. The maximum atomic E-state index is 12.7. The van der Waals surface area contributed by atoms with Crippen molar-refractivity contribution < 1.29 is 14.6 Å². The fourth-order valence-electron chi connectivity index (χ4n) is 3.47. The molecule has 0 spiro atoms. The molecule has 1 aliphatic heterocycles. The summed E-state index contributed by atoms with van der Waals surface area (Å²) in [4.78, 5) is 22.9. The molecule has 11 heteroatoms. The number of hydrogen-bond donors (Lipinski definition) is 3. The van der Waals surface area contributed by atoms with Crippen molar-refractivity contribution in [3.63, 3.8) is 0 Å². The zero-order valence-electron chi connectivity index (χ0n) is 17.6. The van der Waals surface area contributed by atoms with Gasteiger partial charge in [0.15, 0.2) is 5.82 Å². The molecule has 0 fully saturated rings. The van der Waals surface area contributed by atoms with Crippen LogP contribution < -0.4 is 25.8 Å². The van der Waals surface area contributed by atoms with E-state index in [9.17, 15) is 4.79 Å². The summed E-state index contributed by atoms with van der Waals surface area (Å²) in [7, 11) is 3.25. The van der Waals surface area contributed by atoms with Gasteiger partial charge in [0.25, 0.3) is 5.56 Å². The summed E-state index contributed by atoms with van der Waals surface area (Å²) < 4.78 is 12.4. The largest absolute Gasteiger partial charge is 0.514 e. The second kappa shape index (κ2) is 9.33. The van der Waals surface area contributed by atoms with Crippen molar-refractivity contribution in [1.82, 2.24) is 14.5 Å². The van der Waals surface area contributed by atoms with Crippen molar-refractivity contribution in [2.75, 3.05) is 42.5 Å². The second-order valence-electron chi connectivity index (χ2n) is 7.11. The number of pyridine rings is 1. The van der Waals surface area contributed by atoms with E-state index in [-0.39, 0.29) is 18.2 Å². The Morgan fingerprint density at radius 2 is 2.31 bits per heavy atom. The van der Waals surface area contributed by atoms with Crippen LogP contribution in [-0.2, 0) is 11.8 Å². The van der Waals surface area contributed by atoms with Gasteiger partial charge in [-0.15, -0.1) is 0 Å². The summed E-state index contributed by atoms with van der Waals surface area (Å²) in [5.74, 6) is 0.989. The normalized spacial score (nSPS) is 13.3. The van der Waals surface area contributed by atoms with Crippen LogP contribution in [0.3, 0.4) is 0 Å². The number of hydrogen-bond acceptors (Lipinski definition) is 9. The second-order valence-corrected chi connectivity index (χ2v) is 7.51. The Balaban J connectivity index is 1.75. The van der Waals surface area contributed by atoms with E-state index in [4.69, 9.17) is 26.2 Å². The molecule has 3 heterocycles. The van der Waals surface area contributed by atoms with E-state index in [0.29, 0.717) is 41.1 Å². The summed E-state index contributed by atoms with van der Waals surface area (Å²) in [5, 5.41) is 16.8. The fourth-order valence-corrected chi connectivity index (χ4v) is 3.61. The average Bonchev–Trinajstić information content (AvgIpc) is 3.05. The molecule has 0 atom stereocenters. The van der Waals surface area contributed by atoms with Gasteiger partial charge in [-0.2, -0.15) is 4.98 Å². The van der Waals surface area contributed by atoms with Crippen LogP contribution in [-0.4, -0.2) is 46.6 Å². The monoisotopic (exact) mass is 458 g/mol. The lowest BCUT2D eigenvalue weighted by atomic mass is 10.1. The maximum Gasteiger partial charge on any atom is 0.295 e. The number of ether oxygens (including phenoxy) is 2. The number of aliphatic hydroxyl groups is 1. The molecule has 1 aliphatic rings. The number of nitrogens with one attached hydrogen (secondary N) is 2. The molecule has 0 unspecified atom stereocenters. The predicted octanol–water partition coefficient (Wildman–Crippen LogP) is 3.36. The van der Waals surface area contributed by atoms with Gasteiger partial charge in [0.1, 0.15) is 11.8 Å². The van der Waals surface area contributed by atoms with E-state index in [1.165, 1.54) is 24.4 Å². The molecular weight excluding hydrogens is 436 g/mol. The summed E-state index contributed by atoms with van der Waals surface area (Å²) in [6.07, 6.45) is 4.52.